The van der Waals surface area contributed by atoms with Gasteiger partial charge in [-0.15, -0.1) is 11.3 Å². The van der Waals surface area contributed by atoms with E-state index in [4.69, 9.17) is 0 Å². The second kappa shape index (κ2) is 7.89. The van der Waals surface area contributed by atoms with Crippen molar-refractivity contribution < 1.29 is 4.39 Å². The summed E-state index contributed by atoms with van der Waals surface area (Å²) in [6.45, 7) is 5.99. The number of aromatic nitrogens is 1. The maximum absolute atomic E-state index is 13.3. The lowest BCUT2D eigenvalue weighted by atomic mass is 10.2. The van der Waals surface area contributed by atoms with E-state index in [0.29, 0.717) is 13.1 Å². The van der Waals surface area contributed by atoms with Gasteiger partial charge in [0.15, 0.2) is 5.96 Å². The van der Waals surface area contributed by atoms with Gasteiger partial charge in [-0.2, -0.15) is 0 Å². The maximum atomic E-state index is 13.3. The van der Waals surface area contributed by atoms with E-state index in [1.54, 1.807) is 23.5 Å². The van der Waals surface area contributed by atoms with Crippen molar-refractivity contribution in [2.75, 3.05) is 13.6 Å². The molecule has 0 aliphatic carbocycles. The van der Waals surface area contributed by atoms with E-state index in [9.17, 15) is 4.39 Å². The minimum atomic E-state index is -0.217. The molecular weight excluding hydrogens is 299 g/mol. The van der Waals surface area contributed by atoms with Crippen LogP contribution in [0, 0.1) is 12.7 Å². The third-order valence-electron chi connectivity index (χ3n) is 3.04. The highest BCUT2D eigenvalue weighted by atomic mass is 32.1. The second-order valence-electron chi connectivity index (χ2n) is 5.02. The summed E-state index contributed by atoms with van der Waals surface area (Å²) in [5, 5.41) is 4.25. The Morgan fingerprint density at radius 3 is 2.91 bits per heavy atom. The Hall–Kier alpha value is -1.95. The first kappa shape index (κ1) is 16.4. The predicted molar refractivity (Wildman–Crippen MR) is 89.5 cm³/mol. The smallest absolute Gasteiger partial charge is 0.194 e. The summed E-state index contributed by atoms with van der Waals surface area (Å²) in [5.41, 5.74) is 0.915. The van der Waals surface area contributed by atoms with Gasteiger partial charge in [0, 0.05) is 31.2 Å². The number of benzene rings is 1. The Bertz CT molecular complexity index is 639. The van der Waals surface area contributed by atoms with Gasteiger partial charge in [-0.1, -0.05) is 12.1 Å². The number of nitrogens with one attached hydrogen (secondary N) is 1. The molecule has 4 nitrogen and oxygen atoms in total. The standard InChI is InChI=1S/C16H21FN4S/c1-4-18-16(20-10-15-19-9-12(2)22-15)21(3)11-13-6-5-7-14(17)8-13/h5-9H,4,10-11H2,1-3H3,(H,18,20). The molecule has 0 amide bonds. The lowest BCUT2D eigenvalue weighted by Crippen LogP contribution is -2.38. The van der Waals surface area contributed by atoms with E-state index in [1.807, 2.05) is 38.1 Å². The molecule has 1 aromatic heterocycles. The van der Waals surface area contributed by atoms with Gasteiger partial charge < -0.3 is 10.2 Å². The Labute approximate surface area is 134 Å². The van der Waals surface area contributed by atoms with Gasteiger partial charge in [-0.05, 0) is 31.5 Å². The van der Waals surface area contributed by atoms with Crippen LogP contribution in [0.2, 0.25) is 0 Å². The minimum Gasteiger partial charge on any atom is -0.357 e. The molecule has 6 heteroatoms. The Morgan fingerprint density at radius 2 is 2.27 bits per heavy atom. The summed E-state index contributed by atoms with van der Waals surface area (Å²) < 4.78 is 13.3. The number of halogens is 1. The van der Waals surface area contributed by atoms with Crippen LogP contribution in [0.5, 0.6) is 0 Å². The topological polar surface area (TPSA) is 40.5 Å². The van der Waals surface area contributed by atoms with E-state index >= 15 is 0 Å². The normalized spacial score (nSPS) is 11.5. The second-order valence-corrected chi connectivity index (χ2v) is 6.34. The van der Waals surface area contributed by atoms with Gasteiger partial charge in [0.25, 0.3) is 0 Å². The Kier molecular flexibility index (Phi) is 5.89. The van der Waals surface area contributed by atoms with Crippen molar-refractivity contribution in [3.63, 3.8) is 0 Å². The van der Waals surface area contributed by atoms with E-state index in [2.05, 4.69) is 15.3 Å². The zero-order valence-electron chi connectivity index (χ0n) is 13.1. The van der Waals surface area contributed by atoms with Crippen LogP contribution < -0.4 is 5.32 Å². The molecule has 0 fully saturated rings. The molecule has 1 heterocycles. The molecule has 0 aliphatic heterocycles. The third-order valence-corrected chi connectivity index (χ3v) is 3.94. The molecule has 0 atom stereocenters. The molecule has 1 N–H and O–H groups in total. The highest BCUT2D eigenvalue weighted by Gasteiger charge is 2.07. The lowest BCUT2D eigenvalue weighted by molar-refractivity contribution is 0.474. The predicted octanol–water partition coefficient (Wildman–Crippen LogP) is 3.19. The molecule has 0 unspecified atom stereocenters. The van der Waals surface area contributed by atoms with Crippen molar-refractivity contribution in [3.8, 4) is 0 Å². The first-order valence-corrected chi connectivity index (χ1v) is 8.05. The van der Waals surface area contributed by atoms with Gasteiger partial charge in [0.1, 0.15) is 10.8 Å². The van der Waals surface area contributed by atoms with Crippen LogP contribution in [-0.2, 0) is 13.1 Å². The van der Waals surface area contributed by atoms with Gasteiger partial charge in [0.2, 0.25) is 0 Å². The molecular formula is C16H21FN4S. The average molecular weight is 320 g/mol. The number of thiazole rings is 1. The summed E-state index contributed by atoms with van der Waals surface area (Å²) in [6.07, 6.45) is 1.86. The van der Waals surface area contributed by atoms with Gasteiger partial charge in [0.05, 0.1) is 6.54 Å². The van der Waals surface area contributed by atoms with Gasteiger partial charge >= 0.3 is 0 Å². The fourth-order valence-corrected chi connectivity index (χ4v) is 2.78. The van der Waals surface area contributed by atoms with Crippen molar-refractivity contribution in [2.45, 2.75) is 26.9 Å². The molecule has 1 aromatic carbocycles. The minimum absolute atomic E-state index is 0.217. The first-order chi connectivity index (χ1) is 10.6. The van der Waals surface area contributed by atoms with Crippen LogP contribution in [0.3, 0.4) is 0 Å². The van der Waals surface area contributed by atoms with Gasteiger partial charge in [-0.3, -0.25) is 0 Å². The van der Waals surface area contributed by atoms with Crippen LogP contribution in [0.25, 0.3) is 0 Å². The summed E-state index contributed by atoms with van der Waals surface area (Å²) in [4.78, 5) is 12.1. The Morgan fingerprint density at radius 1 is 1.45 bits per heavy atom. The maximum Gasteiger partial charge on any atom is 0.194 e. The lowest BCUT2D eigenvalue weighted by Gasteiger charge is -2.22. The average Bonchev–Trinajstić information content (AvgIpc) is 2.89. The zero-order chi connectivity index (χ0) is 15.9. The van der Waals surface area contributed by atoms with E-state index in [-0.39, 0.29) is 5.82 Å². The molecule has 2 rings (SSSR count). The number of hydrogen-bond acceptors (Lipinski definition) is 3. The molecule has 0 spiro atoms. The third kappa shape index (κ3) is 4.80. The number of nitrogens with zero attached hydrogens (tertiary/aromatic N) is 3. The van der Waals surface area contributed by atoms with Crippen LogP contribution in [0.1, 0.15) is 22.4 Å². The largest absolute Gasteiger partial charge is 0.357 e. The quantitative estimate of drug-likeness (QED) is 0.679. The summed E-state index contributed by atoms with van der Waals surface area (Å²) in [5.74, 6) is 0.575. The van der Waals surface area contributed by atoms with Crippen LogP contribution in [-0.4, -0.2) is 29.4 Å². The highest BCUT2D eigenvalue weighted by Crippen LogP contribution is 2.12. The SMILES string of the molecule is CCNC(=NCc1ncc(C)s1)N(C)Cc1cccc(F)c1. The first-order valence-electron chi connectivity index (χ1n) is 7.23. The number of hydrogen-bond donors (Lipinski definition) is 1. The van der Waals surface area contributed by atoms with E-state index in [0.717, 1.165) is 23.1 Å². The number of rotatable bonds is 5. The van der Waals surface area contributed by atoms with Crippen molar-refractivity contribution in [1.82, 2.24) is 15.2 Å². The fraction of sp³-hybridized carbons (Fsp3) is 0.375. The molecule has 0 bridgehead atoms. The number of guanidine groups is 1. The molecule has 2 aromatic rings. The summed E-state index contributed by atoms with van der Waals surface area (Å²) in [6, 6.07) is 6.63. The molecule has 0 saturated carbocycles. The number of aryl methyl sites for hydroxylation is 1. The van der Waals surface area contributed by atoms with Crippen molar-refractivity contribution in [2.24, 2.45) is 4.99 Å². The monoisotopic (exact) mass is 320 g/mol. The van der Waals surface area contributed by atoms with Crippen LogP contribution in [0.4, 0.5) is 4.39 Å². The summed E-state index contributed by atoms with van der Waals surface area (Å²) in [7, 11) is 1.94. The van der Waals surface area contributed by atoms with Crippen LogP contribution >= 0.6 is 11.3 Å². The zero-order valence-corrected chi connectivity index (χ0v) is 14.0. The van der Waals surface area contributed by atoms with E-state index in [1.165, 1.54) is 10.9 Å². The summed E-state index contributed by atoms with van der Waals surface area (Å²) >= 11 is 1.65. The molecule has 118 valence electrons. The molecule has 0 radical (unpaired) electrons. The van der Waals surface area contributed by atoms with Crippen molar-refractivity contribution in [3.05, 3.63) is 51.7 Å². The number of aliphatic imine (C=N–C) groups is 1. The van der Waals surface area contributed by atoms with Crippen molar-refractivity contribution >= 4 is 17.3 Å². The van der Waals surface area contributed by atoms with Crippen LogP contribution in [0.15, 0.2) is 35.5 Å². The molecule has 0 saturated heterocycles. The molecule has 0 aliphatic rings. The van der Waals surface area contributed by atoms with E-state index < -0.39 is 0 Å². The fourth-order valence-electron chi connectivity index (χ4n) is 2.07. The highest BCUT2D eigenvalue weighted by molar-refractivity contribution is 7.11. The Balaban J connectivity index is 2.05. The molecule has 22 heavy (non-hydrogen) atoms. The van der Waals surface area contributed by atoms with Crippen molar-refractivity contribution in [1.29, 1.82) is 0 Å². The van der Waals surface area contributed by atoms with Gasteiger partial charge in [-0.25, -0.2) is 14.4 Å².